The second-order valence-electron chi connectivity index (χ2n) is 7.85. The molecular formula is C25H28N4O4. The first-order valence-corrected chi connectivity index (χ1v) is 10.9. The van der Waals surface area contributed by atoms with E-state index in [1.54, 1.807) is 7.11 Å². The number of aromatic nitrogens is 2. The molecule has 4 rings (SSSR count). The van der Waals surface area contributed by atoms with Gasteiger partial charge in [0.2, 0.25) is 11.8 Å². The maximum atomic E-state index is 12.7. The molecule has 0 N–H and O–H groups in total. The highest BCUT2D eigenvalue weighted by Crippen LogP contribution is 2.25. The van der Waals surface area contributed by atoms with Gasteiger partial charge in [0.15, 0.2) is 0 Å². The van der Waals surface area contributed by atoms with E-state index < -0.39 is 0 Å². The molecule has 1 unspecified atom stereocenters. The van der Waals surface area contributed by atoms with E-state index in [1.807, 2.05) is 72.5 Å². The van der Waals surface area contributed by atoms with E-state index in [2.05, 4.69) is 14.9 Å². The minimum Gasteiger partial charge on any atom is -0.497 e. The van der Waals surface area contributed by atoms with Gasteiger partial charge in [0.25, 0.3) is 0 Å². The van der Waals surface area contributed by atoms with Crippen LogP contribution in [0.2, 0.25) is 0 Å². The van der Waals surface area contributed by atoms with Crippen LogP contribution in [0.5, 0.6) is 17.4 Å². The molecule has 172 valence electrons. The standard InChI is InChI=1S/C25H28N4O4/c1-19-15-28(12-13-29(19)25(30)17-32-16-20-6-4-3-5-7-20)23-14-24(27-18-26-23)33-22-10-8-21(31-2)9-11-22/h3-11,14,18-19H,12-13,15-17H2,1-2H3. The number of amides is 1. The Labute approximate surface area is 193 Å². The molecule has 1 aliphatic rings. The van der Waals surface area contributed by atoms with Crippen LogP contribution in [-0.4, -0.2) is 60.2 Å². The third-order valence-corrected chi connectivity index (χ3v) is 5.52. The summed E-state index contributed by atoms with van der Waals surface area (Å²) in [5.41, 5.74) is 1.06. The number of rotatable bonds is 8. The average Bonchev–Trinajstić information content (AvgIpc) is 2.85. The van der Waals surface area contributed by atoms with Crippen molar-refractivity contribution in [3.63, 3.8) is 0 Å². The lowest BCUT2D eigenvalue weighted by Crippen LogP contribution is -2.55. The first-order valence-electron chi connectivity index (χ1n) is 10.9. The number of piperazine rings is 1. The minimum absolute atomic E-state index is 0.00398. The fourth-order valence-corrected chi connectivity index (χ4v) is 3.77. The molecule has 1 aliphatic heterocycles. The van der Waals surface area contributed by atoms with E-state index in [1.165, 1.54) is 6.33 Å². The number of ether oxygens (including phenoxy) is 3. The molecule has 1 fully saturated rings. The Morgan fingerprint density at radius 2 is 1.79 bits per heavy atom. The zero-order valence-electron chi connectivity index (χ0n) is 18.9. The summed E-state index contributed by atoms with van der Waals surface area (Å²) in [4.78, 5) is 25.3. The predicted molar refractivity (Wildman–Crippen MR) is 125 cm³/mol. The predicted octanol–water partition coefficient (Wildman–Crippen LogP) is 3.53. The Morgan fingerprint density at radius 1 is 1.03 bits per heavy atom. The van der Waals surface area contributed by atoms with Crippen molar-refractivity contribution in [2.75, 3.05) is 38.3 Å². The summed E-state index contributed by atoms with van der Waals surface area (Å²) in [5, 5.41) is 0. The molecule has 0 aliphatic carbocycles. The molecule has 0 spiro atoms. The SMILES string of the molecule is COc1ccc(Oc2cc(N3CCN(C(=O)COCc4ccccc4)C(C)C3)ncn2)cc1. The van der Waals surface area contributed by atoms with Crippen LogP contribution in [0.3, 0.4) is 0 Å². The van der Waals surface area contributed by atoms with Gasteiger partial charge < -0.3 is 24.0 Å². The molecule has 8 heteroatoms. The molecule has 2 aromatic carbocycles. The highest BCUT2D eigenvalue weighted by atomic mass is 16.5. The van der Waals surface area contributed by atoms with Crippen LogP contribution in [0.15, 0.2) is 67.0 Å². The van der Waals surface area contributed by atoms with Crippen molar-refractivity contribution in [3.8, 4) is 17.4 Å². The molecule has 8 nitrogen and oxygen atoms in total. The smallest absolute Gasteiger partial charge is 0.248 e. The van der Waals surface area contributed by atoms with E-state index >= 15 is 0 Å². The van der Waals surface area contributed by atoms with Gasteiger partial charge in [0.05, 0.1) is 13.7 Å². The van der Waals surface area contributed by atoms with Crippen molar-refractivity contribution >= 4 is 11.7 Å². The molecule has 3 aromatic rings. The van der Waals surface area contributed by atoms with Crippen LogP contribution in [0.4, 0.5) is 5.82 Å². The minimum atomic E-state index is 0.00398. The molecule has 1 amide bonds. The van der Waals surface area contributed by atoms with Crippen molar-refractivity contribution in [1.29, 1.82) is 0 Å². The number of nitrogens with zero attached hydrogens (tertiary/aromatic N) is 4. The van der Waals surface area contributed by atoms with Crippen LogP contribution in [0.1, 0.15) is 12.5 Å². The molecule has 0 bridgehead atoms. The number of anilines is 1. The zero-order chi connectivity index (χ0) is 23.0. The van der Waals surface area contributed by atoms with E-state index in [0.717, 1.165) is 17.1 Å². The summed E-state index contributed by atoms with van der Waals surface area (Å²) >= 11 is 0. The zero-order valence-corrected chi connectivity index (χ0v) is 18.9. The van der Waals surface area contributed by atoms with Crippen molar-refractivity contribution in [2.45, 2.75) is 19.6 Å². The summed E-state index contributed by atoms with van der Waals surface area (Å²) in [6.45, 7) is 4.49. The summed E-state index contributed by atoms with van der Waals surface area (Å²) in [7, 11) is 1.62. The lowest BCUT2D eigenvalue weighted by Gasteiger charge is -2.40. The van der Waals surface area contributed by atoms with Gasteiger partial charge in [-0.1, -0.05) is 30.3 Å². The molecule has 33 heavy (non-hydrogen) atoms. The van der Waals surface area contributed by atoms with Gasteiger partial charge in [0.1, 0.15) is 30.3 Å². The Morgan fingerprint density at radius 3 is 2.52 bits per heavy atom. The highest BCUT2D eigenvalue weighted by Gasteiger charge is 2.28. The topological polar surface area (TPSA) is 77.0 Å². The Balaban J connectivity index is 1.30. The first kappa shape index (κ1) is 22.5. The Hall–Kier alpha value is -3.65. The number of carbonyl (C=O) groups is 1. The number of hydrogen-bond acceptors (Lipinski definition) is 7. The number of benzene rings is 2. The van der Waals surface area contributed by atoms with Crippen molar-refractivity contribution in [2.24, 2.45) is 0 Å². The maximum Gasteiger partial charge on any atom is 0.248 e. The fraction of sp³-hybridized carbons (Fsp3) is 0.320. The molecule has 1 saturated heterocycles. The second kappa shape index (κ2) is 10.8. The molecule has 2 heterocycles. The van der Waals surface area contributed by atoms with E-state index in [9.17, 15) is 4.79 Å². The van der Waals surface area contributed by atoms with E-state index in [4.69, 9.17) is 14.2 Å². The number of hydrogen-bond donors (Lipinski definition) is 0. The molecule has 1 aromatic heterocycles. The third-order valence-electron chi connectivity index (χ3n) is 5.52. The second-order valence-corrected chi connectivity index (χ2v) is 7.85. The lowest BCUT2D eigenvalue weighted by molar-refractivity contribution is -0.139. The Kier molecular flexibility index (Phi) is 7.36. The van der Waals surface area contributed by atoms with Gasteiger partial charge in [-0.25, -0.2) is 9.97 Å². The Bertz CT molecular complexity index is 1050. The highest BCUT2D eigenvalue weighted by molar-refractivity contribution is 5.78. The van der Waals surface area contributed by atoms with Crippen LogP contribution in [-0.2, 0) is 16.1 Å². The fourth-order valence-electron chi connectivity index (χ4n) is 3.77. The van der Waals surface area contributed by atoms with Gasteiger partial charge in [0, 0.05) is 31.7 Å². The number of methoxy groups -OCH3 is 1. The lowest BCUT2D eigenvalue weighted by atomic mass is 10.2. The maximum absolute atomic E-state index is 12.7. The van der Waals surface area contributed by atoms with Crippen LogP contribution in [0, 0.1) is 0 Å². The van der Waals surface area contributed by atoms with Crippen molar-refractivity contribution < 1.29 is 19.0 Å². The van der Waals surface area contributed by atoms with Gasteiger partial charge in [-0.3, -0.25) is 4.79 Å². The van der Waals surface area contributed by atoms with Gasteiger partial charge in [-0.05, 0) is 36.8 Å². The van der Waals surface area contributed by atoms with E-state index in [0.29, 0.717) is 37.9 Å². The molecule has 0 radical (unpaired) electrons. The first-order chi connectivity index (χ1) is 16.1. The largest absolute Gasteiger partial charge is 0.497 e. The monoisotopic (exact) mass is 448 g/mol. The van der Waals surface area contributed by atoms with Crippen LogP contribution in [0.25, 0.3) is 0 Å². The number of carbonyl (C=O) groups excluding carboxylic acids is 1. The molecular weight excluding hydrogens is 420 g/mol. The summed E-state index contributed by atoms with van der Waals surface area (Å²) in [6, 6.07) is 19.0. The third kappa shape index (κ3) is 5.98. The summed E-state index contributed by atoms with van der Waals surface area (Å²) in [5.74, 6) is 2.67. The summed E-state index contributed by atoms with van der Waals surface area (Å²) in [6.07, 6.45) is 1.49. The molecule has 0 saturated carbocycles. The normalized spacial score (nSPS) is 15.9. The van der Waals surface area contributed by atoms with Crippen molar-refractivity contribution in [1.82, 2.24) is 14.9 Å². The van der Waals surface area contributed by atoms with Gasteiger partial charge in [-0.2, -0.15) is 0 Å². The van der Waals surface area contributed by atoms with E-state index in [-0.39, 0.29) is 18.6 Å². The summed E-state index contributed by atoms with van der Waals surface area (Å²) < 4.78 is 16.7. The van der Waals surface area contributed by atoms with Crippen LogP contribution < -0.4 is 14.4 Å². The van der Waals surface area contributed by atoms with Crippen molar-refractivity contribution in [3.05, 3.63) is 72.6 Å². The quantitative estimate of drug-likeness (QED) is 0.522. The molecule has 1 atom stereocenters. The van der Waals surface area contributed by atoms with Gasteiger partial charge >= 0.3 is 0 Å². The van der Waals surface area contributed by atoms with Crippen LogP contribution >= 0.6 is 0 Å². The van der Waals surface area contributed by atoms with Gasteiger partial charge in [-0.15, -0.1) is 0 Å². The average molecular weight is 449 g/mol.